The van der Waals surface area contributed by atoms with Gasteiger partial charge in [-0.25, -0.2) is 0 Å². The topological polar surface area (TPSA) is 172 Å². The number of hydrogen-bond acceptors (Lipinski definition) is 7. The standard InChI is InChI=1S/C26H30O10S3.3Na/c1-2-3-4-5-6-7-8-9-14-36-21-15-22(37(27,28)29)18-12-13-20-24(39(33,34)35)16-23(38(30,31)32)19-11-10-17(21)25(18)26(19)20;;;/h10-13,15-16H,2-9,14H2,1H3,(H,27,28,29)(H,30,31,32)(H,33,34,35);;;. The predicted molar refractivity (Wildman–Crippen MR) is 165 cm³/mol. The second-order valence-electron chi connectivity index (χ2n) is 9.57. The second kappa shape index (κ2) is 16.3. The van der Waals surface area contributed by atoms with E-state index in [0.717, 1.165) is 19.3 Å². The first kappa shape index (κ1) is 40.5. The largest absolute Gasteiger partial charge is 0.493 e. The first-order chi connectivity index (χ1) is 18.2. The number of hydrogen-bond donors (Lipinski definition) is 3. The van der Waals surface area contributed by atoms with Crippen molar-refractivity contribution in [1.82, 2.24) is 0 Å². The molecular weight excluding hydrogens is 637 g/mol. The minimum atomic E-state index is -4.96. The molecule has 0 heterocycles. The SMILES string of the molecule is CCCCCCCCCCOc1cc(S(=O)(=O)O)c2ccc3c(S(=O)(=O)O)cc(S(=O)(=O)O)c4ccc1c2c43.[Na].[Na].[Na]. The van der Waals surface area contributed by atoms with Crippen molar-refractivity contribution in [2.45, 2.75) is 73.0 Å². The van der Waals surface area contributed by atoms with Gasteiger partial charge >= 0.3 is 0 Å². The third kappa shape index (κ3) is 9.04. The molecule has 3 radical (unpaired) electrons. The van der Waals surface area contributed by atoms with Crippen LogP contribution < -0.4 is 4.74 Å². The predicted octanol–water partition coefficient (Wildman–Crippen LogP) is 4.70. The Bertz CT molecular complexity index is 1810. The maximum absolute atomic E-state index is 12.3. The van der Waals surface area contributed by atoms with Crippen LogP contribution in [0, 0.1) is 0 Å². The van der Waals surface area contributed by atoms with E-state index in [0.29, 0.717) is 17.9 Å². The van der Waals surface area contributed by atoms with Crippen LogP contribution in [0.2, 0.25) is 0 Å². The molecule has 0 saturated carbocycles. The van der Waals surface area contributed by atoms with Gasteiger partial charge in [0.05, 0.1) is 6.61 Å². The molecule has 0 aliphatic rings. The molecular formula is C26H30Na3O10S3. The van der Waals surface area contributed by atoms with Crippen LogP contribution in [0.5, 0.6) is 5.75 Å². The number of rotatable bonds is 13. The normalized spacial score (nSPS) is 12.2. The van der Waals surface area contributed by atoms with E-state index in [-0.39, 0.29) is 128 Å². The van der Waals surface area contributed by atoms with Crippen molar-refractivity contribution in [2.24, 2.45) is 0 Å². The smallest absolute Gasteiger partial charge is 0.295 e. The van der Waals surface area contributed by atoms with Crippen molar-refractivity contribution >= 4 is 151 Å². The molecule has 0 unspecified atom stereocenters. The van der Waals surface area contributed by atoms with Crippen LogP contribution in [0.25, 0.3) is 32.3 Å². The van der Waals surface area contributed by atoms with Crippen LogP contribution in [0.4, 0.5) is 0 Å². The molecule has 16 heteroatoms. The third-order valence-corrected chi connectivity index (χ3v) is 9.52. The summed E-state index contributed by atoms with van der Waals surface area (Å²) < 4.78 is 109. The molecule has 42 heavy (non-hydrogen) atoms. The molecule has 10 nitrogen and oxygen atoms in total. The summed E-state index contributed by atoms with van der Waals surface area (Å²) in [6.45, 7) is 2.40. The minimum Gasteiger partial charge on any atom is -0.493 e. The summed E-state index contributed by atoms with van der Waals surface area (Å²) in [7, 11) is -14.7. The van der Waals surface area contributed by atoms with E-state index in [9.17, 15) is 38.9 Å². The fraction of sp³-hybridized carbons (Fsp3) is 0.385. The molecule has 0 aliphatic heterocycles. The summed E-state index contributed by atoms with van der Waals surface area (Å²) in [5.41, 5.74) is 0. The fourth-order valence-corrected chi connectivity index (χ4v) is 7.25. The Morgan fingerprint density at radius 1 is 0.548 bits per heavy atom. The Labute approximate surface area is 312 Å². The molecule has 0 bridgehead atoms. The van der Waals surface area contributed by atoms with Gasteiger partial charge in [0.15, 0.2) is 0 Å². The summed E-state index contributed by atoms with van der Waals surface area (Å²) >= 11 is 0. The van der Waals surface area contributed by atoms with E-state index in [1.165, 1.54) is 56.0 Å². The Morgan fingerprint density at radius 2 is 0.905 bits per heavy atom. The zero-order chi connectivity index (χ0) is 28.6. The Balaban J connectivity index is 0.00000294. The van der Waals surface area contributed by atoms with E-state index in [1.54, 1.807) is 0 Å². The van der Waals surface area contributed by atoms with Crippen LogP contribution >= 0.6 is 0 Å². The summed E-state index contributed by atoms with van der Waals surface area (Å²) in [5.74, 6) is 0.0955. The van der Waals surface area contributed by atoms with Crippen LogP contribution in [-0.2, 0) is 30.4 Å². The summed E-state index contributed by atoms with van der Waals surface area (Å²) in [6, 6.07) is 7.11. The molecule has 4 aromatic rings. The van der Waals surface area contributed by atoms with E-state index < -0.39 is 45.0 Å². The average Bonchev–Trinajstić information content (AvgIpc) is 2.84. The number of benzene rings is 4. The monoisotopic (exact) mass is 667 g/mol. The Kier molecular flexibility index (Phi) is 15.7. The van der Waals surface area contributed by atoms with E-state index in [4.69, 9.17) is 4.74 Å². The molecule has 215 valence electrons. The van der Waals surface area contributed by atoms with Crippen molar-refractivity contribution in [2.75, 3.05) is 6.61 Å². The quantitative estimate of drug-likeness (QED) is 0.0785. The number of ether oxygens (including phenoxy) is 1. The van der Waals surface area contributed by atoms with Gasteiger partial charge in [-0.2, -0.15) is 25.3 Å². The molecule has 0 spiro atoms. The molecule has 0 saturated heterocycles. The number of unbranched alkanes of at least 4 members (excludes halogenated alkanes) is 7. The summed E-state index contributed by atoms with van der Waals surface area (Å²) in [6.07, 6.45) is 8.48. The van der Waals surface area contributed by atoms with E-state index in [1.807, 2.05) is 0 Å². The first-order valence-electron chi connectivity index (χ1n) is 12.6. The zero-order valence-corrected chi connectivity index (χ0v) is 32.7. The van der Waals surface area contributed by atoms with E-state index >= 15 is 0 Å². The Morgan fingerprint density at radius 3 is 1.33 bits per heavy atom. The summed E-state index contributed by atoms with van der Waals surface area (Å²) in [4.78, 5) is -2.08. The Hall–Kier alpha value is 0.450. The van der Waals surface area contributed by atoms with Crippen LogP contribution in [0.3, 0.4) is 0 Å². The molecule has 0 atom stereocenters. The van der Waals surface area contributed by atoms with Gasteiger partial charge in [-0.15, -0.1) is 0 Å². The van der Waals surface area contributed by atoms with Gasteiger partial charge in [-0.1, -0.05) is 70.1 Å². The van der Waals surface area contributed by atoms with Crippen LogP contribution in [0.15, 0.2) is 51.1 Å². The molecule has 4 aromatic carbocycles. The van der Waals surface area contributed by atoms with Gasteiger partial charge in [-0.05, 0) is 18.6 Å². The van der Waals surface area contributed by atoms with Gasteiger partial charge in [0, 0.05) is 127 Å². The van der Waals surface area contributed by atoms with Gasteiger partial charge in [0.25, 0.3) is 30.4 Å². The molecule has 3 N–H and O–H groups in total. The van der Waals surface area contributed by atoms with Gasteiger partial charge in [-0.3, -0.25) is 13.7 Å². The van der Waals surface area contributed by atoms with Crippen molar-refractivity contribution in [3.63, 3.8) is 0 Å². The van der Waals surface area contributed by atoms with Gasteiger partial charge < -0.3 is 4.74 Å². The zero-order valence-electron chi connectivity index (χ0n) is 24.3. The maximum Gasteiger partial charge on any atom is 0.295 e. The average molecular weight is 668 g/mol. The molecule has 0 fully saturated rings. The van der Waals surface area contributed by atoms with Crippen molar-refractivity contribution < 1.29 is 43.6 Å². The van der Waals surface area contributed by atoms with Crippen LogP contribution in [0.1, 0.15) is 58.3 Å². The van der Waals surface area contributed by atoms with Crippen molar-refractivity contribution in [3.05, 3.63) is 36.4 Å². The minimum absolute atomic E-state index is 0. The fourth-order valence-electron chi connectivity index (χ4n) is 5.04. The van der Waals surface area contributed by atoms with Crippen molar-refractivity contribution in [1.29, 1.82) is 0 Å². The van der Waals surface area contributed by atoms with Crippen LogP contribution in [-0.4, -0.2) is 134 Å². The maximum atomic E-state index is 12.3. The van der Waals surface area contributed by atoms with E-state index in [2.05, 4.69) is 6.92 Å². The van der Waals surface area contributed by atoms with Gasteiger partial charge in [0.2, 0.25) is 0 Å². The van der Waals surface area contributed by atoms with Crippen molar-refractivity contribution in [3.8, 4) is 5.75 Å². The third-order valence-electron chi connectivity index (χ3n) is 6.84. The summed E-state index contributed by atoms with van der Waals surface area (Å²) in [5, 5.41) is 0.193. The molecule has 0 amide bonds. The molecule has 0 aliphatic carbocycles. The molecule has 4 rings (SSSR count). The van der Waals surface area contributed by atoms with Gasteiger partial charge in [0.1, 0.15) is 20.4 Å². The second-order valence-corrected chi connectivity index (χ2v) is 13.7. The molecule has 0 aromatic heterocycles. The first-order valence-corrected chi connectivity index (χ1v) is 16.9.